The Morgan fingerprint density at radius 3 is 2.47 bits per heavy atom. The predicted octanol–water partition coefficient (Wildman–Crippen LogP) is 5.20. The van der Waals surface area contributed by atoms with Gasteiger partial charge in [-0.2, -0.15) is 13.2 Å². The Hall–Kier alpha value is -5.55. The van der Waals surface area contributed by atoms with Crippen LogP contribution in [0.4, 0.5) is 17.6 Å². The Bertz CT molecular complexity index is 2010. The van der Waals surface area contributed by atoms with E-state index in [9.17, 15) is 27.2 Å². The highest BCUT2D eigenvalue weighted by Gasteiger charge is 2.65. The summed E-state index contributed by atoms with van der Waals surface area (Å²) in [5, 5.41) is 20.5. The van der Waals surface area contributed by atoms with Crippen molar-refractivity contribution in [1.29, 1.82) is 0 Å². The number of alkyl halides is 3. The number of esters is 1. The molecule has 2 aliphatic rings. The zero-order chi connectivity index (χ0) is 36.2. The van der Waals surface area contributed by atoms with Gasteiger partial charge in [-0.05, 0) is 42.8 Å². The lowest BCUT2D eigenvalue weighted by Gasteiger charge is -2.28. The Balaban J connectivity index is 1.05. The molecule has 2 aromatic carbocycles. The average molecular weight is 726 g/mol. The summed E-state index contributed by atoms with van der Waals surface area (Å²) in [4.78, 5) is 34.3. The minimum absolute atomic E-state index is 0.0201. The van der Waals surface area contributed by atoms with Gasteiger partial charge >= 0.3 is 17.8 Å². The lowest BCUT2D eigenvalue weighted by atomic mass is 9.95. The van der Waals surface area contributed by atoms with Gasteiger partial charge in [0.05, 0.1) is 37.8 Å². The highest BCUT2D eigenvalue weighted by Crippen LogP contribution is 2.52. The summed E-state index contributed by atoms with van der Waals surface area (Å²) in [6.45, 7) is 0.589. The van der Waals surface area contributed by atoms with Crippen LogP contribution in [0.2, 0.25) is 5.02 Å². The van der Waals surface area contributed by atoms with Gasteiger partial charge in [0.15, 0.2) is 0 Å². The van der Waals surface area contributed by atoms with Crippen LogP contribution in [-0.4, -0.2) is 64.1 Å². The zero-order valence-corrected chi connectivity index (χ0v) is 27.5. The number of amidine groups is 1. The largest absolute Gasteiger partial charge is 0.466 e. The number of aromatic nitrogens is 4. The fourth-order valence-electron chi connectivity index (χ4n) is 5.28. The number of ether oxygens (including phenoxy) is 2. The first-order chi connectivity index (χ1) is 24.5. The van der Waals surface area contributed by atoms with Gasteiger partial charge in [-0.25, -0.2) is 9.18 Å². The van der Waals surface area contributed by atoms with E-state index in [0.29, 0.717) is 41.3 Å². The molecule has 2 aromatic heterocycles. The van der Waals surface area contributed by atoms with E-state index in [-0.39, 0.29) is 41.5 Å². The quantitative estimate of drug-likeness (QED) is 0.108. The summed E-state index contributed by atoms with van der Waals surface area (Å²) in [6.07, 6.45) is 0.678. The molecule has 18 heteroatoms. The summed E-state index contributed by atoms with van der Waals surface area (Å²) in [6, 6.07) is 11.3. The third-order valence-electron chi connectivity index (χ3n) is 7.92. The van der Waals surface area contributed by atoms with Crippen LogP contribution in [0.25, 0.3) is 0 Å². The summed E-state index contributed by atoms with van der Waals surface area (Å²) in [7, 11) is 1.23. The molecule has 4 aromatic rings. The van der Waals surface area contributed by atoms with Gasteiger partial charge < -0.3 is 20.1 Å². The number of rotatable bonds is 13. The van der Waals surface area contributed by atoms with Crippen molar-refractivity contribution in [3.8, 4) is 0 Å². The van der Waals surface area contributed by atoms with E-state index in [0.717, 1.165) is 6.07 Å². The van der Waals surface area contributed by atoms with Crippen molar-refractivity contribution in [2.45, 2.75) is 37.5 Å². The van der Waals surface area contributed by atoms with Gasteiger partial charge in [0.1, 0.15) is 23.4 Å². The van der Waals surface area contributed by atoms with Crippen molar-refractivity contribution in [3.05, 3.63) is 123 Å². The molecule has 0 aliphatic carbocycles. The molecule has 0 fully saturated rings. The van der Waals surface area contributed by atoms with Crippen LogP contribution in [0, 0.1) is 5.82 Å². The van der Waals surface area contributed by atoms with Crippen molar-refractivity contribution in [2.24, 2.45) is 15.2 Å². The standard InChI is InChI=1S/C33H28ClF4N9O4/c1-50-31(49)27-26(41-29(19-9-12-39-13-10-19)42-28(27)24-8-7-22(35)15-25(24)34)18-51-17-23-16-47(46-43-23)14-2-11-40-30(48)20-3-5-21(6-4-20)32(44-45-32)33(36,37)38/h3-10,12-13,15-16,28H,2,11,14,17-18H2,1H3,(H,40,48)(H,41,42). The molecule has 1 atom stereocenters. The van der Waals surface area contributed by atoms with E-state index in [2.05, 4.69) is 36.2 Å². The van der Waals surface area contributed by atoms with E-state index < -0.39 is 35.6 Å². The van der Waals surface area contributed by atoms with E-state index in [1.54, 1.807) is 35.4 Å². The summed E-state index contributed by atoms with van der Waals surface area (Å²) < 4.78 is 66.1. The maximum absolute atomic E-state index is 13.9. The molecule has 1 amide bonds. The van der Waals surface area contributed by atoms with Crippen LogP contribution in [0.3, 0.4) is 0 Å². The first kappa shape index (κ1) is 35.3. The van der Waals surface area contributed by atoms with Gasteiger partial charge in [0.25, 0.3) is 5.91 Å². The number of methoxy groups -OCH3 is 1. The molecule has 264 valence electrons. The molecule has 1 unspecified atom stereocenters. The lowest BCUT2D eigenvalue weighted by Crippen LogP contribution is -2.35. The van der Waals surface area contributed by atoms with Crippen molar-refractivity contribution < 1.29 is 36.6 Å². The highest BCUT2D eigenvalue weighted by atomic mass is 35.5. The molecule has 0 saturated heterocycles. The van der Waals surface area contributed by atoms with Crippen molar-refractivity contribution in [3.63, 3.8) is 0 Å². The van der Waals surface area contributed by atoms with Crippen LogP contribution in [0.5, 0.6) is 0 Å². The topological polar surface area (TPSA) is 157 Å². The molecule has 0 radical (unpaired) electrons. The number of aliphatic imine (C=N–C) groups is 1. The number of carbonyl (C=O) groups excluding carboxylic acids is 2. The second-order valence-electron chi connectivity index (χ2n) is 11.3. The number of nitrogens with one attached hydrogen (secondary N) is 2. The Morgan fingerprint density at radius 2 is 1.80 bits per heavy atom. The fraction of sp³-hybridized carbons (Fsp3) is 0.273. The molecular weight excluding hydrogens is 698 g/mol. The predicted molar refractivity (Wildman–Crippen MR) is 173 cm³/mol. The van der Waals surface area contributed by atoms with Crippen molar-refractivity contribution in [1.82, 2.24) is 30.6 Å². The number of carbonyl (C=O) groups is 2. The molecule has 6 rings (SSSR count). The van der Waals surface area contributed by atoms with Gasteiger partial charge in [-0.3, -0.25) is 19.5 Å². The Morgan fingerprint density at radius 1 is 1.06 bits per heavy atom. The molecule has 0 bridgehead atoms. The molecule has 4 heterocycles. The third kappa shape index (κ3) is 7.78. The Kier molecular flexibility index (Phi) is 10.2. The SMILES string of the molecule is COC(=O)C1=C(COCc2cn(CCCNC(=O)c3ccc(C4(C(F)(F)F)N=N4)cc3)nn2)NC(c2ccncc2)=NC1c1ccc(F)cc1Cl. The number of benzene rings is 2. The second kappa shape index (κ2) is 14.7. The average Bonchev–Trinajstić information content (AvgIpc) is 3.84. The second-order valence-corrected chi connectivity index (χ2v) is 11.7. The van der Waals surface area contributed by atoms with Crippen LogP contribution in [-0.2, 0) is 33.1 Å². The Labute approximate surface area is 292 Å². The van der Waals surface area contributed by atoms with E-state index >= 15 is 0 Å². The fourth-order valence-corrected chi connectivity index (χ4v) is 5.55. The first-order valence-corrected chi connectivity index (χ1v) is 15.7. The number of pyridine rings is 1. The molecule has 0 spiro atoms. The van der Waals surface area contributed by atoms with Gasteiger partial charge in [0.2, 0.25) is 0 Å². The monoisotopic (exact) mass is 725 g/mol. The molecule has 0 saturated carbocycles. The number of amides is 1. The first-order valence-electron chi connectivity index (χ1n) is 15.4. The highest BCUT2D eigenvalue weighted by molar-refractivity contribution is 6.31. The van der Waals surface area contributed by atoms with Crippen molar-refractivity contribution in [2.75, 3.05) is 20.3 Å². The maximum atomic E-state index is 13.9. The van der Waals surface area contributed by atoms with Gasteiger partial charge in [0, 0.05) is 52.8 Å². The minimum atomic E-state index is -4.65. The van der Waals surface area contributed by atoms with Crippen LogP contribution in [0.15, 0.2) is 99.7 Å². The minimum Gasteiger partial charge on any atom is -0.466 e. The van der Waals surface area contributed by atoms with E-state index in [4.69, 9.17) is 26.1 Å². The van der Waals surface area contributed by atoms with Gasteiger partial charge in [-0.1, -0.05) is 35.0 Å². The summed E-state index contributed by atoms with van der Waals surface area (Å²) in [5.41, 5.74) is -0.470. The number of hydrogen-bond acceptors (Lipinski definition) is 11. The molecule has 2 aliphatic heterocycles. The number of nitrogens with zero attached hydrogens (tertiary/aromatic N) is 7. The van der Waals surface area contributed by atoms with Crippen LogP contribution in [0.1, 0.15) is 45.2 Å². The normalized spacial score (nSPS) is 16.4. The maximum Gasteiger partial charge on any atom is 0.442 e. The summed E-state index contributed by atoms with van der Waals surface area (Å²) in [5.74, 6) is -1.26. The number of halogens is 5. The molecular formula is C33H28ClF4N9O4. The molecule has 13 nitrogen and oxygen atoms in total. The van der Waals surface area contributed by atoms with Crippen LogP contribution < -0.4 is 10.6 Å². The van der Waals surface area contributed by atoms with Gasteiger partial charge in [-0.15, -0.1) is 15.3 Å². The van der Waals surface area contributed by atoms with Crippen LogP contribution >= 0.6 is 11.6 Å². The van der Waals surface area contributed by atoms with E-state index in [1.165, 1.54) is 43.5 Å². The third-order valence-corrected chi connectivity index (χ3v) is 8.25. The van der Waals surface area contributed by atoms with Crippen molar-refractivity contribution >= 4 is 29.3 Å². The summed E-state index contributed by atoms with van der Waals surface area (Å²) >= 11 is 6.41. The lowest BCUT2D eigenvalue weighted by molar-refractivity contribution is -0.166. The van der Waals surface area contributed by atoms with E-state index in [1.807, 2.05) is 0 Å². The number of hydrogen-bond donors (Lipinski definition) is 2. The molecule has 2 N–H and O–H groups in total. The smallest absolute Gasteiger partial charge is 0.442 e. The number of aryl methyl sites for hydroxylation is 1. The molecule has 51 heavy (non-hydrogen) atoms. The zero-order valence-electron chi connectivity index (χ0n) is 26.7.